The molecule has 2 aromatic heterocycles. The fourth-order valence-corrected chi connectivity index (χ4v) is 2.76. The smallest absolute Gasteiger partial charge is 0.334 e. The number of Topliss-reactive ketones (excluding diaryl/α,β-unsaturated/α-hetero) is 1. The SMILES string of the molecule is CC(=O)c1cccc(Nc2ncnc(-n3nnc4ccccc43)c2[N+](=O)[O-])c1. The number of carbonyl (C=O) groups excluding carboxylic acids is 1. The highest BCUT2D eigenvalue weighted by Gasteiger charge is 2.26. The number of nitrogens with one attached hydrogen (secondary N) is 1. The number of hydrogen-bond donors (Lipinski definition) is 1. The molecular weight excluding hydrogens is 362 g/mol. The minimum absolute atomic E-state index is 0.0149. The van der Waals surface area contributed by atoms with Crippen LogP contribution in [0.2, 0.25) is 0 Å². The topological polar surface area (TPSA) is 129 Å². The zero-order valence-electron chi connectivity index (χ0n) is 14.6. The summed E-state index contributed by atoms with van der Waals surface area (Å²) in [6, 6.07) is 13.7. The summed E-state index contributed by atoms with van der Waals surface area (Å²) < 4.78 is 1.30. The first-order chi connectivity index (χ1) is 13.5. The Morgan fingerprint density at radius 1 is 1.14 bits per heavy atom. The van der Waals surface area contributed by atoms with E-state index in [4.69, 9.17) is 0 Å². The van der Waals surface area contributed by atoms with Gasteiger partial charge in [0.05, 0.1) is 10.4 Å². The van der Waals surface area contributed by atoms with E-state index in [2.05, 4.69) is 25.6 Å². The zero-order chi connectivity index (χ0) is 19.7. The summed E-state index contributed by atoms with van der Waals surface area (Å²) in [5.41, 5.74) is 1.77. The van der Waals surface area contributed by atoms with Crippen LogP contribution < -0.4 is 5.32 Å². The molecule has 0 fully saturated rings. The molecule has 0 unspecified atom stereocenters. The maximum Gasteiger partial charge on any atom is 0.356 e. The lowest BCUT2D eigenvalue weighted by Gasteiger charge is -2.09. The van der Waals surface area contributed by atoms with Gasteiger partial charge in [0.25, 0.3) is 0 Å². The minimum atomic E-state index is -0.580. The van der Waals surface area contributed by atoms with Crippen molar-refractivity contribution in [1.29, 1.82) is 0 Å². The fourth-order valence-electron chi connectivity index (χ4n) is 2.76. The summed E-state index contributed by atoms with van der Waals surface area (Å²) in [7, 11) is 0. The van der Waals surface area contributed by atoms with E-state index in [1.807, 2.05) is 0 Å². The molecule has 0 saturated heterocycles. The van der Waals surface area contributed by atoms with Gasteiger partial charge in [-0.2, -0.15) is 4.68 Å². The van der Waals surface area contributed by atoms with Gasteiger partial charge in [0.1, 0.15) is 11.8 Å². The van der Waals surface area contributed by atoms with E-state index in [9.17, 15) is 14.9 Å². The van der Waals surface area contributed by atoms with Crippen LogP contribution in [-0.4, -0.2) is 35.7 Å². The van der Waals surface area contributed by atoms with Crippen molar-refractivity contribution >= 4 is 34.0 Å². The average Bonchev–Trinajstić information content (AvgIpc) is 3.12. The second-order valence-electron chi connectivity index (χ2n) is 5.90. The van der Waals surface area contributed by atoms with Crippen LogP contribution in [0.5, 0.6) is 0 Å². The Labute approximate surface area is 158 Å². The summed E-state index contributed by atoms with van der Waals surface area (Å²) >= 11 is 0. The molecule has 28 heavy (non-hydrogen) atoms. The van der Waals surface area contributed by atoms with Crippen molar-refractivity contribution in [2.45, 2.75) is 6.92 Å². The van der Waals surface area contributed by atoms with Crippen LogP contribution in [-0.2, 0) is 0 Å². The molecule has 0 saturated carbocycles. The summed E-state index contributed by atoms with van der Waals surface area (Å²) in [6.45, 7) is 1.44. The van der Waals surface area contributed by atoms with E-state index in [1.165, 1.54) is 17.9 Å². The number of ketones is 1. The van der Waals surface area contributed by atoms with Crippen LogP contribution in [0.15, 0.2) is 54.9 Å². The number of hydrogen-bond acceptors (Lipinski definition) is 8. The summed E-state index contributed by atoms with van der Waals surface area (Å²) in [5.74, 6) is -0.148. The third kappa shape index (κ3) is 3.03. The molecule has 0 aliphatic rings. The highest BCUT2D eigenvalue weighted by atomic mass is 16.6. The molecule has 4 aromatic rings. The molecule has 1 N–H and O–H groups in total. The van der Waals surface area contributed by atoms with Crippen LogP contribution in [0.25, 0.3) is 16.9 Å². The second kappa shape index (κ2) is 6.83. The van der Waals surface area contributed by atoms with E-state index in [0.29, 0.717) is 22.3 Å². The molecule has 0 aliphatic heterocycles. The first-order valence-electron chi connectivity index (χ1n) is 8.23. The van der Waals surface area contributed by atoms with Crippen LogP contribution in [0.3, 0.4) is 0 Å². The summed E-state index contributed by atoms with van der Waals surface area (Å²) in [4.78, 5) is 30.9. The molecule has 10 nitrogen and oxygen atoms in total. The van der Waals surface area contributed by atoms with Crippen molar-refractivity contribution in [3.05, 3.63) is 70.5 Å². The molecule has 0 atom stereocenters. The maximum absolute atomic E-state index is 11.8. The Balaban J connectivity index is 1.84. The van der Waals surface area contributed by atoms with Crippen molar-refractivity contribution in [2.24, 2.45) is 0 Å². The van der Waals surface area contributed by atoms with Gasteiger partial charge < -0.3 is 5.32 Å². The highest BCUT2D eigenvalue weighted by Crippen LogP contribution is 2.31. The number of nitrogens with zero attached hydrogens (tertiary/aromatic N) is 6. The first kappa shape index (κ1) is 17.2. The monoisotopic (exact) mass is 375 g/mol. The van der Waals surface area contributed by atoms with E-state index in [0.717, 1.165) is 0 Å². The molecule has 2 heterocycles. The van der Waals surface area contributed by atoms with Gasteiger partial charge in [0.2, 0.25) is 11.6 Å². The maximum atomic E-state index is 11.8. The largest absolute Gasteiger partial charge is 0.356 e. The lowest BCUT2D eigenvalue weighted by Crippen LogP contribution is -2.09. The van der Waals surface area contributed by atoms with Gasteiger partial charge >= 0.3 is 5.69 Å². The van der Waals surface area contributed by atoms with Crippen molar-refractivity contribution in [3.63, 3.8) is 0 Å². The predicted octanol–water partition coefficient (Wildman–Crippen LogP) is 3.06. The highest BCUT2D eigenvalue weighted by molar-refractivity contribution is 5.95. The third-order valence-corrected chi connectivity index (χ3v) is 4.07. The molecule has 138 valence electrons. The number of para-hydroxylation sites is 1. The Morgan fingerprint density at radius 2 is 1.96 bits per heavy atom. The van der Waals surface area contributed by atoms with Crippen molar-refractivity contribution in [2.75, 3.05) is 5.32 Å². The molecule has 0 spiro atoms. The van der Waals surface area contributed by atoms with Gasteiger partial charge in [-0.15, -0.1) is 5.10 Å². The second-order valence-corrected chi connectivity index (χ2v) is 5.90. The first-order valence-corrected chi connectivity index (χ1v) is 8.23. The van der Waals surface area contributed by atoms with E-state index in [1.54, 1.807) is 48.5 Å². The Morgan fingerprint density at radius 3 is 2.75 bits per heavy atom. The van der Waals surface area contributed by atoms with Gasteiger partial charge in [-0.3, -0.25) is 14.9 Å². The van der Waals surface area contributed by atoms with Gasteiger partial charge in [-0.25, -0.2) is 9.97 Å². The Kier molecular flexibility index (Phi) is 4.20. The third-order valence-electron chi connectivity index (χ3n) is 4.07. The number of carbonyl (C=O) groups is 1. The Bertz CT molecular complexity index is 1220. The molecule has 2 aromatic carbocycles. The lowest BCUT2D eigenvalue weighted by molar-refractivity contribution is -0.384. The Hall–Kier alpha value is -4.21. The summed E-state index contributed by atoms with van der Waals surface area (Å²) in [5, 5.41) is 22.7. The van der Waals surface area contributed by atoms with E-state index in [-0.39, 0.29) is 23.1 Å². The quantitative estimate of drug-likeness (QED) is 0.320. The van der Waals surface area contributed by atoms with E-state index < -0.39 is 4.92 Å². The number of nitro groups is 1. The molecule has 0 radical (unpaired) electrons. The molecule has 0 amide bonds. The fraction of sp³-hybridized carbons (Fsp3) is 0.0556. The number of anilines is 2. The van der Waals surface area contributed by atoms with Crippen molar-refractivity contribution in [3.8, 4) is 5.82 Å². The van der Waals surface area contributed by atoms with E-state index >= 15 is 0 Å². The number of rotatable bonds is 5. The predicted molar refractivity (Wildman–Crippen MR) is 101 cm³/mol. The molecule has 0 aliphatic carbocycles. The molecule has 4 rings (SSSR count). The number of fused-ring (bicyclic) bond motifs is 1. The van der Waals surface area contributed by atoms with Crippen molar-refractivity contribution in [1.82, 2.24) is 25.0 Å². The van der Waals surface area contributed by atoms with Gasteiger partial charge in [-0.1, -0.05) is 29.5 Å². The summed E-state index contributed by atoms with van der Waals surface area (Å²) in [6.07, 6.45) is 1.20. The number of aromatic nitrogens is 5. The normalized spacial score (nSPS) is 10.8. The number of benzene rings is 2. The lowest BCUT2D eigenvalue weighted by atomic mass is 10.1. The van der Waals surface area contributed by atoms with Crippen molar-refractivity contribution < 1.29 is 9.72 Å². The average molecular weight is 375 g/mol. The van der Waals surface area contributed by atoms with Gasteiger partial charge in [0.15, 0.2) is 5.78 Å². The molecule has 0 bridgehead atoms. The van der Waals surface area contributed by atoms with Gasteiger partial charge in [0, 0.05) is 11.3 Å². The van der Waals surface area contributed by atoms with Crippen LogP contribution in [0.1, 0.15) is 17.3 Å². The molecule has 10 heteroatoms. The van der Waals surface area contributed by atoms with Crippen LogP contribution in [0, 0.1) is 10.1 Å². The molecular formula is C18H13N7O3. The van der Waals surface area contributed by atoms with Crippen LogP contribution >= 0.6 is 0 Å². The van der Waals surface area contributed by atoms with Gasteiger partial charge in [-0.05, 0) is 31.2 Å². The standard InChI is InChI=1S/C18H13N7O3/c1-11(26)12-5-4-6-13(9-12)21-17-16(25(27)28)18(20-10-19-17)24-15-8-3-2-7-14(15)22-23-24/h2-10H,1H3,(H,19,20,21). The van der Waals surface area contributed by atoms with Crippen LogP contribution in [0.4, 0.5) is 17.2 Å². The minimum Gasteiger partial charge on any atom is -0.334 e. The zero-order valence-corrected chi connectivity index (χ0v) is 14.6.